The van der Waals surface area contributed by atoms with Crippen molar-refractivity contribution in [3.05, 3.63) is 55.4 Å². The lowest BCUT2D eigenvalue weighted by atomic mass is 10.8. The Labute approximate surface area is 113 Å². The normalized spacial score (nSPS) is 10.3. The van der Waals surface area contributed by atoms with Crippen molar-refractivity contribution in [2.45, 2.75) is 0 Å². The summed E-state index contributed by atoms with van der Waals surface area (Å²) in [5.41, 5.74) is 2.94. The Hall–Kier alpha value is -2.68. The van der Waals surface area contributed by atoms with Crippen molar-refractivity contribution in [2.75, 3.05) is 10.5 Å². The smallest absolute Gasteiger partial charge is 0.234 e. The van der Waals surface area contributed by atoms with Gasteiger partial charge in [-0.25, -0.2) is 0 Å². The number of nitrogens with zero attached hydrogens (tertiary/aromatic N) is 7. The predicted octanol–water partition coefficient (Wildman–Crippen LogP) is 0.206. The Bertz CT molecular complexity index is 593. The maximum Gasteiger partial charge on any atom is 0.234 e. The van der Waals surface area contributed by atoms with E-state index < -0.39 is 0 Å². The Morgan fingerprint density at radius 1 is 0.895 bits per heavy atom. The minimum atomic E-state index is 0.371. The predicted molar refractivity (Wildman–Crippen MR) is 72.3 cm³/mol. The van der Waals surface area contributed by atoms with Gasteiger partial charge in [0.25, 0.3) is 0 Å². The number of thiocarbonyl (C=S) groups is 1. The molecule has 9 heteroatoms. The average Bonchev–Trinajstić information content (AvgIpc) is 3.11. The summed E-state index contributed by atoms with van der Waals surface area (Å²) >= 11 is 5.35. The van der Waals surface area contributed by atoms with Crippen LogP contribution in [0.25, 0.3) is 0 Å². The molecule has 3 heterocycles. The first kappa shape index (κ1) is 11.4. The zero-order valence-corrected chi connectivity index (χ0v) is 10.6. The van der Waals surface area contributed by atoms with Crippen molar-refractivity contribution < 1.29 is 0 Å². The largest absolute Gasteiger partial charge is 0.251 e. The van der Waals surface area contributed by atoms with E-state index in [1.54, 1.807) is 70.1 Å². The first-order valence-electron chi connectivity index (χ1n) is 5.45. The lowest BCUT2D eigenvalue weighted by molar-refractivity contribution is 0.519. The summed E-state index contributed by atoms with van der Waals surface area (Å²) < 4.78 is 0. The van der Waals surface area contributed by atoms with E-state index >= 15 is 0 Å². The molecule has 0 fully saturated rings. The summed E-state index contributed by atoms with van der Waals surface area (Å²) in [6.07, 6.45) is 10.2. The van der Waals surface area contributed by atoms with Crippen molar-refractivity contribution >= 4 is 17.3 Å². The van der Waals surface area contributed by atoms with E-state index in [-0.39, 0.29) is 0 Å². The van der Waals surface area contributed by atoms with Crippen LogP contribution in [-0.2, 0) is 0 Å². The highest BCUT2D eigenvalue weighted by Crippen LogP contribution is 1.96. The molecule has 0 aromatic carbocycles. The third-order valence-corrected chi connectivity index (χ3v) is 2.52. The minimum absolute atomic E-state index is 0.371. The first-order chi connectivity index (χ1) is 9.34. The fourth-order valence-corrected chi connectivity index (χ4v) is 1.76. The summed E-state index contributed by atoms with van der Waals surface area (Å²) in [6.45, 7) is 0. The topological polar surface area (TPSA) is 68.7 Å². The molecule has 1 N–H and O–H groups in total. The molecule has 0 aliphatic heterocycles. The minimum Gasteiger partial charge on any atom is -0.251 e. The highest BCUT2D eigenvalue weighted by Gasteiger charge is 2.14. The summed E-state index contributed by atoms with van der Waals surface area (Å²) in [5, 5.41) is 14.3. The molecule has 0 unspecified atom stereocenters. The Morgan fingerprint density at radius 3 is 1.95 bits per heavy atom. The van der Waals surface area contributed by atoms with Gasteiger partial charge in [0.05, 0.1) is 31.0 Å². The molecule has 3 aromatic rings. The van der Waals surface area contributed by atoms with Gasteiger partial charge in [0.15, 0.2) is 0 Å². The first-order valence-corrected chi connectivity index (χ1v) is 5.86. The second kappa shape index (κ2) is 4.90. The molecule has 19 heavy (non-hydrogen) atoms. The molecular formula is C10H10N8S. The van der Waals surface area contributed by atoms with E-state index in [0.717, 1.165) is 0 Å². The van der Waals surface area contributed by atoms with E-state index in [4.69, 9.17) is 12.2 Å². The van der Waals surface area contributed by atoms with Gasteiger partial charge in [0.2, 0.25) is 5.11 Å². The lowest BCUT2D eigenvalue weighted by Gasteiger charge is -2.24. The maximum atomic E-state index is 5.35. The molecular weight excluding hydrogens is 264 g/mol. The van der Waals surface area contributed by atoms with Gasteiger partial charge in [-0.15, -0.1) is 5.12 Å². The standard InChI is InChI=1S/C10H10N8S/c19-10(14-15-7-1-4-11-15)18(16-8-2-5-12-16)17-9-3-6-13-17/h1-9H,(H,14,19). The van der Waals surface area contributed by atoms with Gasteiger partial charge in [-0.1, -0.05) is 0 Å². The zero-order valence-electron chi connectivity index (χ0n) is 9.73. The molecule has 96 valence electrons. The van der Waals surface area contributed by atoms with Gasteiger partial charge in [0.1, 0.15) is 0 Å². The fourth-order valence-electron chi connectivity index (χ4n) is 1.50. The van der Waals surface area contributed by atoms with Crippen LogP contribution in [0.2, 0.25) is 0 Å². The van der Waals surface area contributed by atoms with E-state index in [1.807, 2.05) is 0 Å². The van der Waals surface area contributed by atoms with Crippen molar-refractivity contribution in [1.82, 2.24) is 29.7 Å². The molecule has 0 spiro atoms. The third-order valence-electron chi connectivity index (χ3n) is 2.27. The Balaban J connectivity index is 1.89. The number of aromatic nitrogens is 6. The van der Waals surface area contributed by atoms with Gasteiger partial charge in [-0.3, -0.25) is 5.43 Å². The number of rotatable bonds is 3. The second-order valence-electron chi connectivity index (χ2n) is 3.51. The fraction of sp³-hybridized carbons (Fsp3) is 0. The van der Waals surface area contributed by atoms with Gasteiger partial charge in [0, 0.05) is 6.20 Å². The van der Waals surface area contributed by atoms with Gasteiger partial charge >= 0.3 is 0 Å². The van der Waals surface area contributed by atoms with Crippen LogP contribution in [-0.4, -0.2) is 34.8 Å². The van der Waals surface area contributed by atoms with Crippen molar-refractivity contribution in [3.8, 4) is 0 Å². The van der Waals surface area contributed by atoms with Crippen LogP contribution in [0.4, 0.5) is 0 Å². The van der Waals surface area contributed by atoms with Crippen LogP contribution in [0.15, 0.2) is 55.4 Å². The van der Waals surface area contributed by atoms with Crippen LogP contribution < -0.4 is 10.5 Å². The van der Waals surface area contributed by atoms with Gasteiger partial charge in [-0.05, 0) is 30.4 Å². The quantitative estimate of drug-likeness (QED) is 0.688. The summed E-state index contributed by atoms with van der Waals surface area (Å²) in [7, 11) is 0. The molecule has 0 aliphatic rings. The summed E-state index contributed by atoms with van der Waals surface area (Å²) in [4.78, 5) is 4.62. The van der Waals surface area contributed by atoms with Crippen LogP contribution >= 0.6 is 12.2 Å². The molecule has 3 aromatic heterocycles. The molecule has 0 bridgehead atoms. The molecule has 8 nitrogen and oxygen atoms in total. The van der Waals surface area contributed by atoms with Gasteiger partial charge < -0.3 is 0 Å². The van der Waals surface area contributed by atoms with Crippen LogP contribution in [0.1, 0.15) is 0 Å². The van der Waals surface area contributed by atoms with E-state index in [0.29, 0.717) is 5.11 Å². The van der Waals surface area contributed by atoms with Crippen LogP contribution in [0.5, 0.6) is 0 Å². The van der Waals surface area contributed by atoms with Crippen LogP contribution in [0, 0.1) is 0 Å². The highest BCUT2D eigenvalue weighted by atomic mass is 32.1. The molecule has 0 saturated carbocycles. The zero-order chi connectivity index (χ0) is 13.1. The summed E-state index contributed by atoms with van der Waals surface area (Å²) in [5.74, 6) is 0. The molecule has 0 saturated heterocycles. The molecule has 3 rings (SSSR count). The van der Waals surface area contributed by atoms with Gasteiger partial charge in [-0.2, -0.15) is 29.7 Å². The molecule has 0 amide bonds. The SMILES string of the molecule is S=C(Nn1cccn1)N(n1cccn1)n1cccn1. The molecule has 0 radical (unpaired) electrons. The van der Waals surface area contributed by atoms with Crippen molar-refractivity contribution in [1.29, 1.82) is 0 Å². The summed E-state index contributed by atoms with van der Waals surface area (Å²) in [6, 6.07) is 5.39. The number of nitrogens with one attached hydrogen (secondary N) is 1. The van der Waals surface area contributed by atoms with E-state index in [2.05, 4.69) is 20.7 Å². The maximum absolute atomic E-state index is 5.35. The number of hydrogen-bond donors (Lipinski definition) is 1. The lowest BCUT2D eigenvalue weighted by Crippen LogP contribution is -2.49. The third kappa shape index (κ3) is 2.31. The molecule has 0 atom stereocenters. The van der Waals surface area contributed by atoms with Crippen molar-refractivity contribution in [2.24, 2.45) is 0 Å². The molecule has 0 aliphatic carbocycles. The van der Waals surface area contributed by atoms with Crippen molar-refractivity contribution in [3.63, 3.8) is 0 Å². The second-order valence-corrected chi connectivity index (χ2v) is 3.90. The Morgan fingerprint density at radius 2 is 1.47 bits per heavy atom. The van der Waals surface area contributed by atoms with E-state index in [9.17, 15) is 0 Å². The monoisotopic (exact) mass is 274 g/mol. The highest BCUT2D eigenvalue weighted by molar-refractivity contribution is 7.80. The average molecular weight is 274 g/mol. The Kier molecular flexibility index (Phi) is 2.94. The number of hydrogen-bond acceptors (Lipinski definition) is 4. The van der Waals surface area contributed by atoms with Crippen LogP contribution in [0.3, 0.4) is 0 Å². The van der Waals surface area contributed by atoms with E-state index in [1.165, 1.54) is 4.79 Å².